The van der Waals surface area contributed by atoms with Gasteiger partial charge in [-0.1, -0.05) is 53.5 Å². The van der Waals surface area contributed by atoms with Gasteiger partial charge in [-0.15, -0.1) is 0 Å². The van der Waals surface area contributed by atoms with Crippen LogP contribution in [0.5, 0.6) is 0 Å². The summed E-state index contributed by atoms with van der Waals surface area (Å²) < 4.78 is 1.94. The molecule has 0 saturated heterocycles. The van der Waals surface area contributed by atoms with E-state index in [2.05, 4.69) is 30.7 Å². The van der Waals surface area contributed by atoms with Crippen LogP contribution in [0.2, 0.25) is 10.0 Å². The number of nitrogens with one attached hydrogen (secondary N) is 1. The van der Waals surface area contributed by atoms with Crippen molar-refractivity contribution in [1.82, 2.24) is 24.3 Å². The van der Waals surface area contributed by atoms with Crippen LogP contribution in [0.15, 0.2) is 47.8 Å². The predicted molar refractivity (Wildman–Crippen MR) is 231 cm³/mol. The number of nitrogens with zero attached hydrogens (tertiary/aromatic N) is 5. The zero-order valence-corrected chi connectivity index (χ0v) is 36.2. The number of primary amides is 1. The summed E-state index contributed by atoms with van der Waals surface area (Å²) in [6.07, 6.45) is 11.1. The average Bonchev–Trinajstić information content (AvgIpc) is 3.91. The number of aliphatic hydroxyl groups is 2. The Balaban J connectivity index is 0.000000237. The third-order valence-corrected chi connectivity index (χ3v) is 13.3. The molecule has 0 radical (unpaired) electrons. The number of carbonyl (C=O) groups is 3. The SMILES string of the molecule is CNc1cccc(-c2cccc(CN(C)C3=C(N)CN(C(C)CO)CC3)c2Cl)c1Cl.CO.Cn1c(C=O)nc2c1CCN(CCC13CCC(C=O)(CC1)C3)C2.NC=O. The van der Waals surface area contributed by atoms with E-state index in [1.807, 2.05) is 69.0 Å². The van der Waals surface area contributed by atoms with Crippen LogP contribution < -0.4 is 16.8 Å². The van der Waals surface area contributed by atoms with E-state index in [0.717, 1.165) is 111 Å². The van der Waals surface area contributed by atoms with E-state index >= 15 is 0 Å². The first kappa shape index (κ1) is 46.7. The minimum Gasteiger partial charge on any atom is -0.400 e. The molecule has 1 amide bonds. The van der Waals surface area contributed by atoms with Gasteiger partial charge in [-0.25, -0.2) is 4.98 Å². The van der Waals surface area contributed by atoms with Crippen LogP contribution in [0.3, 0.4) is 0 Å². The summed E-state index contributed by atoms with van der Waals surface area (Å²) >= 11 is 13.4. The van der Waals surface area contributed by atoms with Crippen LogP contribution >= 0.6 is 23.2 Å². The number of aliphatic hydroxyl groups excluding tert-OH is 2. The van der Waals surface area contributed by atoms with Gasteiger partial charge in [0, 0.05) is 113 Å². The number of imidazole rings is 1. The van der Waals surface area contributed by atoms with E-state index in [4.69, 9.17) is 38.8 Å². The van der Waals surface area contributed by atoms with Crippen LogP contribution in [-0.2, 0) is 36.1 Å². The summed E-state index contributed by atoms with van der Waals surface area (Å²) in [4.78, 5) is 42.3. The van der Waals surface area contributed by atoms with Gasteiger partial charge in [-0.05, 0) is 69.0 Å². The molecular formula is C43H62Cl2N8O5. The Morgan fingerprint density at radius 3 is 2.24 bits per heavy atom. The highest BCUT2D eigenvalue weighted by Crippen LogP contribution is 2.62. The molecule has 7 N–H and O–H groups in total. The summed E-state index contributed by atoms with van der Waals surface area (Å²) in [5.74, 6) is 0.540. The van der Waals surface area contributed by atoms with Gasteiger partial charge in [-0.3, -0.25) is 19.4 Å². The van der Waals surface area contributed by atoms with Crippen molar-refractivity contribution in [3.8, 4) is 11.1 Å². The Morgan fingerprint density at radius 2 is 1.66 bits per heavy atom. The molecule has 0 spiro atoms. The second-order valence-electron chi connectivity index (χ2n) is 15.9. The minimum absolute atomic E-state index is 0.0227. The lowest BCUT2D eigenvalue weighted by Crippen LogP contribution is -2.44. The molecule has 3 heterocycles. The van der Waals surface area contributed by atoms with Crippen LogP contribution in [-0.4, -0.2) is 113 Å². The number of benzene rings is 2. The van der Waals surface area contributed by atoms with Crippen molar-refractivity contribution in [3.63, 3.8) is 0 Å². The molecule has 2 bridgehead atoms. The number of aldehydes is 2. The molecule has 15 heteroatoms. The maximum Gasteiger partial charge on any atom is 0.204 e. The molecule has 2 saturated carbocycles. The van der Waals surface area contributed by atoms with E-state index < -0.39 is 0 Å². The predicted octanol–water partition coefficient (Wildman–Crippen LogP) is 5.23. The summed E-state index contributed by atoms with van der Waals surface area (Å²) in [5, 5.41) is 20.9. The smallest absolute Gasteiger partial charge is 0.204 e. The lowest BCUT2D eigenvalue weighted by Gasteiger charge is -2.36. The Labute approximate surface area is 353 Å². The molecule has 2 aliphatic heterocycles. The molecule has 1 unspecified atom stereocenters. The van der Waals surface area contributed by atoms with Gasteiger partial charge in [0.2, 0.25) is 6.41 Å². The Kier molecular flexibility index (Phi) is 17.2. The number of halogens is 2. The molecule has 1 aromatic heterocycles. The van der Waals surface area contributed by atoms with E-state index in [0.29, 0.717) is 34.4 Å². The molecule has 2 aliphatic carbocycles. The zero-order valence-electron chi connectivity index (χ0n) is 34.6. The highest BCUT2D eigenvalue weighted by Gasteiger charge is 2.53. The number of nitrogens with two attached hydrogens (primary N) is 2. The maximum absolute atomic E-state index is 11.4. The quantitative estimate of drug-likeness (QED) is 0.151. The molecule has 2 aromatic carbocycles. The number of aromatic nitrogens is 2. The number of hydrogen-bond acceptors (Lipinski definition) is 11. The van der Waals surface area contributed by atoms with Crippen molar-refractivity contribution in [1.29, 1.82) is 0 Å². The Bertz CT molecular complexity index is 1890. The van der Waals surface area contributed by atoms with E-state index in [1.54, 1.807) is 0 Å². The Morgan fingerprint density at radius 1 is 1.00 bits per heavy atom. The fourth-order valence-electron chi connectivity index (χ4n) is 9.09. The monoisotopic (exact) mass is 840 g/mol. The number of fused-ring (bicyclic) bond motifs is 3. The molecule has 4 aliphatic rings. The van der Waals surface area contributed by atoms with Gasteiger partial charge in [0.15, 0.2) is 12.1 Å². The van der Waals surface area contributed by atoms with Crippen molar-refractivity contribution in [2.45, 2.75) is 77.4 Å². The largest absolute Gasteiger partial charge is 0.400 e. The summed E-state index contributed by atoms with van der Waals surface area (Å²) in [6, 6.07) is 12.0. The summed E-state index contributed by atoms with van der Waals surface area (Å²) in [6.45, 7) is 7.33. The normalized spacial score (nSPS) is 21.6. The molecule has 2 fully saturated rings. The Hall–Kier alpha value is -3.98. The van der Waals surface area contributed by atoms with Crippen molar-refractivity contribution < 1.29 is 24.6 Å². The molecule has 7 rings (SSSR count). The number of hydrogen-bond donors (Lipinski definition) is 5. The molecule has 1 atom stereocenters. The van der Waals surface area contributed by atoms with E-state index in [-0.39, 0.29) is 24.5 Å². The summed E-state index contributed by atoms with van der Waals surface area (Å²) in [7, 11) is 6.83. The van der Waals surface area contributed by atoms with Gasteiger partial charge < -0.3 is 41.3 Å². The molecule has 58 heavy (non-hydrogen) atoms. The van der Waals surface area contributed by atoms with Crippen molar-refractivity contribution in [2.24, 2.45) is 29.3 Å². The molecule has 318 valence electrons. The summed E-state index contributed by atoms with van der Waals surface area (Å²) in [5.41, 5.74) is 19.0. The first-order chi connectivity index (χ1) is 27.9. The first-order valence-corrected chi connectivity index (χ1v) is 20.7. The topological polar surface area (TPSA) is 183 Å². The molecule has 3 aromatic rings. The van der Waals surface area contributed by atoms with E-state index in [1.165, 1.54) is 31.2 Å². The fraction of sp³-hybridized carbons (Fsp3) is 0.535. The van der Waals surface area contributed by atoms with Gasteiger partial charge in [-0.2, -0.15) is 0 Å². The van der Waals surface area contributed by atoms with Crippen LogP contribution in [0, 0.1) is 10.8 Å². The molecular weight excluding hydrogens is 779 g/mol. The third kappa shape index (κ3) is 10.6. The van der Waals surface area contributed by atoms with Gasteiger partial charge in [0.1, 0.15) is 6.29 Å². The number of carbonyl (C=O) groups excluding carboxylic acids is 3. The van der Waals surface area contributed by atoms with E-state index in [9.17, 15) is 14.7 Å². The standard InChI is InChI=1S/C23H30Cl2N4O.C18H25N3O2.CH3NO.CH4O/c1-15(14-30)29-11-10-21(19(26)13-29)28(3)12-16-6-4-7-17(22(16)24)18-8-5-9-20(27-2)23(18)25;1-20-15-2-8-21(10-14(15)19-16(20)11-22)9-7-17-3-5-18(12-17,13-23)6-4-17;2-1-3;1-2/h4-9,15,27,30H,10-14,26H2,1-3H3;11,13H,2-10,12H2,1H3;1H,(H2,2,3);2H,1H3. The second-order valence-corrected chi connectivity index (χ2v) is 16.6. The number of anilines is 1. The zero-order chi connectivity index (χ0) is 42.6. The minimum atomic E-state index is 0.0227. The van der Waals surface area contributed by atoms with Gasteiger partial charge >= 0.3 is 0 Å². The molecule has 13 nitrogen and oxygen atoms in total. The highest BCUT2D eigenvalue weighted by atomic mass is 35.5. The second kappa shape index (κ2) is 21.3. The fourth-order valence-corrected chi connectivity index (χ4v) is 9.70. The third-order valence-electron chi connectivity index (χ3n) is 12.5. The number of rotatable bonds is 12. The average molecular weight is 842 g/mol. The van der Waals surface area contributed by atoms with Gasteiger partial charge in [0.05, 0.1) is 28.0 Å². The van der Waals surface area contributed by atoms with Crippen LogP contribution in [0.25, 0.3) is 11.1 Å². The lowest BCUT2D eigenvalue weighted by molar-refractivity contribution is -0.115. The number of amides is 1. The first-order valence-electron chi connectivity index (χ1n) is 19.9. The van der Waals surface area contributed by atoms with Crippen LogP contribution in [0.4, 0.5) is 5.69 Å². The maximum atomic E-state index is 11.4. The van der Waals surface area contributed by atoms with Crippen molar-refractivity contribution >= 4 is 47.9 Å². The van der Waals surface area contributed by atoms with Crippen molar-refractivity contribution in [2.75, 3.05) is 59.3 Å². The van der Waals surface area contributed by atoms with Crippen LogP contribution in [0.1, 0.15) is 79.4 Å². The lowest BCUT2D eigenvalue weighted by atomic mass is 9.80. The van der Waals surface area contributed by atoms with Gasteiger partial charge in [0.25, 0.3) is 0 Å². The van der Waals surface area contributed by atoms with Crippen molar-refractivity contribution in [3.05, 3.63) is 80.6 Å². The highest BCUT2D eigenvalue weighted by molar-refractivity contribution is 6.38.